The Bertz CT molecular complexity index is 737. The second-order valence-corrected chi connectivity index (χ2v) is 7.55. The van der Waals surface area contributed by atoms with Gasteiger partial charge in [-0.25, -0.2) is 4.98 Å². The number of benzene rings is 1. The molecule has 0 bridgehead atoms. The zero-order valence-electron chi connectivity index (χ0n) is 14.0. The van der Waals surface area contributed by atoms with E-state index in [0.717, 1.165) is 47.1 Å². The van der Waals surface area contributed by atoms with E-state index in [1.54, 1.807) is 14.2 Å². The van der Waals surface area contributed by atoms with Crippen molar-refractivity contribution >= 4 is 11.3 Å². The van der Waals surface area contributed by atoms with Crippen LogP contribution in [0.1, 0.15) is 39.2 Å². The van der Waals surface area contributed by atoms with Crippen molar-refractivity contribution in [2.75, 3.05) is 20.8 Å². The van der Waals surface area contributed by atoms with E-state index >= 15 is 0 Å². The Balaban J connectivity index is 1.60. The van der Waals surface area contributed by atoms with E-state index in [0.29, 0.717) is 6.54 Å². The molecule has 0 saturated carbocycles. The third-order valence-electron chi connectivity index (χ3n) is 4.86. The highest BCUT2D eigenvalue weighted by Gasteiger charge is 2.30. The summed E-state index contributed by atoms with van der Waals surface area (Å²) in [5.41, 5.74) is 3.15. The minimum Gasteiger partial charge on any atom is -0.496 e. The van der Waals surface area contributed by atoms with Crippen molar-refractivity contribution in [2.24, 2.45) is 0 Å². The zero-order valence-corrected chi connectivity index (χ0v) is 14.9. The van der Waals surface area contributed by atoms with Crippen LogP contribution in [0.2, 0.25) is 0 Å². The Hall–Kier alpha value is -1.63. The smallest absolute Gasteiger partial charge is 0.125 e. The highest BCUT2D eigenvalue weighted by molar-refractivity contribution is 7.11. The quantitative estimate of drug-likeness (QED) is 0.922. The average Bonchev–Trinajstić information content (AvgIpc) is 3.15. The maximum Gasteiger partial charge on any atom is 0.125 e. The molecule has 0 radical (unpaired) electrons. The Morgan fingerprint density at radius 1 is 1.25 bits per heavy atom. The number of ether oxygens (including phenoxy) is 2. The van der Waals surface area contributed by atoms with Gasteiger partial charge in [0.15, 0.2) is 0 Å². The van der Waals surface area contributed by atoms with Crippen molar-refractivity contribution in [3.8, 4) is 11.5 Å². The fraction of sp³-hybridized carbons (Fsp3) is 0.500. The Labute approximate surface area is 145 Å². The number of aryl methyl sites for hydroxylation is 2. The maximum absolute atomic E-state index is 10.7. The molecule has 2 aromatic rings. The van der Waals surface area contributed by atoms with Gasteiger partial charge in [0.05, 0.1) is 32.6 Å². The molecule has 2 heterocycles. The molecule has 5 nitrogen and oxygen atoms in total. The predicted molar refractivity (Wildman–Crippen MR) is 92.8 cm³/mol. The van der Waals surface area contributed by atoms with Crippen LogP contribution in [0.25, 0.3) is 0 Å². The molecule has 1 N–H and O–H groups in total. The van der Waals surface area contributed by atoms with E-state index in [4.69, 9.17) is 14.5 Å². The number of hydrogen-bond acceptors (Lipinski definition) is 6. The van der Waals surface area contributed by atoms with Crippen LogP contribution in [-0.4, -0.2) is 35.8 Å². The molecule has 1 aliphatic heterocycles. The summed E-state index contributed by atoms with van der Waals surface area (Å²) < 4.78 is 10.9. The van der Waals surface area contributed by atoms with Crippen LogP contribution in [-0.2, 0) is 25.9 Å². The minimum absolute atomic E-state index is 0.578. The SMILES string of the molecule is COc1ccc(OC)c2c1CN(Cc1nc3c(s1)CCC3)C[C@H]2O. The third-order valence-corrected chi connectivity index (χ3v) is 6.00. The lowest BCUT2D eigenvalue weighted by atomic mass is 9.95. The van der Waals surface area contributed by atoms with Crippen LogP contribution in [0.5, 0.6) is 11.5 Å². The van der Waals surface area contributed by atoms with Crippen LogP contribution in [0, 0.1) is 0 Å². The van der Waals surface area contributed by atoms with Gasteiger partial charge in [-0.05, 0) is 31.4 Å². The molecule has 0 fully saturated rings. The fourth-order valence-electron chi connectivity index (χ4n) is 3.77. The fourth-order valence-corrected chi connectivity index (χ4v) is 4.97. The highest BCUT2D eigenvalue weighted by atomic mass is 32.1. The van der Waals surface area contributed by atoms with Gasteiger partial charge < -0.3 is 14.6 Å². The van der Waals surface area contributed by atoms with Crippen molar-refractivity contribution < 1.29 is 14.6 Å². The molecule has 0 unspecified atom stereocenters. The average molecular weight is 346 g/mol. The molecule has 4 rings (SSSR count). The number of hydrogen-bond donors (Lipinski definition) is 1. The normalized spacial score (nSPS) is 19.9. The number of aromatic nitrogens is 1. The summed E-state index contributed by atoms with van der Waals surface area (Å²) in [6, 6.07) is 3.77. The molecule has 0 spiro atoms. The summed E-state index contributed by atoms with van der Waals surface area (Å²) in [7, 11) is 3.30. The van der Waals surface area contributed by atoms with Gasteiger partial charge in [-0.2, -0.15) is 0 Å². The molecule has 2 aliphatic rings. The number of methoxy groups -OCH3 is 2. The number of fused-ring (bicyclic) bond motifs is 2. The van der Waals surface area contributed by atoms with Crippen molar-refractivity contribution in [2.45, 2.75) is 38.5 Å². The first kappa shape index (κ1) is 15.9. The number of aliphatic hydroxyl groups excluding tert-OH is 1. The van der Waals surface area contributed by atoms with E-state index in [2.05, 4.69) is 4.90 Å². The maximum atomic E-state index is 10.7. The summed E-state index contributed by atoms with van der Waals surface area (Å²) in [5.74, 6) is 1.53. The molecule has 0 saturated heterocycles. The van der Waals surface area contributed by atoms with Crippen LogP contribution in [0.4, 0.5) is 0 Å². The Morgan fingerprint density at radius 3 is 2.79 bits per heavy atom. The van der Waals surface area contributed by atoms with Gasteiger partial charge in [0, 0.05) is 29.1 Å². The number of aliphatic hydroxyl groups is 1. The van der Waals surface area contributed by atoms with E-state index in [1.807, 2.05) is 23.5 Å². The van der Waals surface area contributed by atoms with Crippen LogP contribution >= 0.6 is 11.3 Å². The highest BCUT2D eigenvalue weighted by Crippen LogP contribution is 2.40. The van der Waals surface area contributed by atoms with Gasteiger partial charge in [-0.15, -0.1) is 11.3 Å². The Morgan fingerprint density at radius 2 is 2.04 bits per heavy atom. The first-order chi connectivity index (χ1) is 11.7. The van der Waals surface area contributed by atoms with Gasteiger partial charge in [-0.1, -0.05) is 0 Å². The van der Waals surface area contributed by atoms with Crippen molar-refractivity contribution in [3.05, 3.63) is 38.8 Å². The van der Waals surface area contributed by atoms with Crippen LogP contribution in [0.3, 0.4) is 0 Å². The first-order valence-corrected chi connectivity index (χ1v) is 9.13. The predicted octanol–water partition coefficient (Wildman–Crippen LogP) is 2.70. The van der Waals surface area contributed by atoms with Gasteiger partial charge in [0.2, 0.25) is 0 Å². The number of nitrogens with zero attached hydrogens (tertiary/aromatic N) is 2. The Kier molecular flexibility index (Phi) is 4.20. The van der Waals surface area contributed by atoms with Gasteiger partial charge >= 0.3 is 0 Å². The summed E-state index contributed by atoms with van der Waals surface area (Å²) in [6.45, 7) is 2.09. The van der Waals surface area contributed by atoms with Gasteiger partial charge in [-0.3, -0.25) is 4.90 Å². The van der Waals surface area contributed by atoms with E-state index in [1.165, 1.54) is 23.4 Å². The van der Waals surface area contributed by atoms with Crippen LogP contribution < -0.4 is 9.47 Å². The van der Waals surface area contributed by atoms with E-state index < -0.39 is 6.10 Å². The molecule has 0 amide bonds. The standard InChI is InChI=1S/C18H22N2O3S/c1-22-14-6-7-15(23-2)18-11(14)8-20(9-13(18)21)10-17-19-12-4-3-5-16(12)24-17/h6-7,13,21H,3-5,8-10H2,1-2H3/t13-/m1/s1. The minimum atomic E-state index is -0.578. The van der Waals surface area contributed by atoms with E-state index in [9.17, 15) is 5.11 Å². The lowest BCUT2D eigenvalue weighted by molar-refractivity contribution is 0.0842. The zero-order chi connectivity index (χ0) is 16.7. The number of β-amino-alcohol motifs (C(OH)–C–C–N with tert-alkyl or cyclic N) is 1. The number of thiazole rings is 1. The molecular weight excluding hydrogens is 324 g/mol. The topological polar surface area (TPSA) is 54.8 Å². The second kappa shape index (κ2) is 6.35. The first-order valence-electron chi connectivity index (χ1n) is 8.31. The summed E-state index contributed by atoms with van der Waals surface area (Å²) >= 11 is 1.83. The summed E-state index contributed by atoms with van der Waals surface area (Å²) in [6.07, 6.45) is 2.94. The van der Waals surface area contributed by atoms with Crippen LogP contribution in [0.15, 0.2) is 12.1 Å². The molecule has 128 valence electrons. The van der Waals surface area contributed by atoms with Crippen molar-refractivity contribution in [3.63, 3.8) is 0 Å². The van der Waals surface area contributed by atoms with E-state index in [-0.39, 0.29) is 0 Å². The molecular formula is C18H22N2O3S. The molecule has 1 aromatic heterocycles. The lowest BCUT2D eigenvalue weighted by Crippen LogP contribution is -2.33. The summed E-state index contributed by atoms with van der Waals surface area (Å²) in [5, 5.41) is 11.8. The van der Waals surface area contributed by atoms with Gasteiger partial charge in [0.25, 0.3) is 0 Å². The summed E-state index contributed by atoms with van der Waals surface area (Å²) in [4.78, 5) is 8.47. The van der Waals surface area contributed by atoms with Crippen molar-refractivity contribution in [1.82, 2.24) is 9.88 Å². The third kappa shape index (κ3) is 2.68. The number of rotatable bonds is 4. The molecule has 24 heavy (non-hydrogen) atoms. The largest absolute Gasteiger partial charge is 0.496 e. The van der Waals surface area contributed by atoms with Crippen molar-refractivity contribution in [1.29, 1.82) is 0 Å². The van der Waals surface area contributed by atoms with Gasteiger partial charge in [0.1, 0.15) is 16.5 Å². The molecule has 6 heteroatoms. The lowest BCUT2D eigenvalue weighted by Gasteiger charge is -2.33. The second-order valence-electron chi connectivity index (χ2n) is 6.38. The molecule has 1 aliphatic carbocycles. The molecule has 1 aromatic carbocycles. The molecule has 1 atom stereocenters. The monoisotopic (exact) mass is 346 g/mol.